The number of likely N-dealkylation sites (tertiary alicyclic amines) is 1. The van der Waals surface area contributed by atoms with E-state index in [0.717, 1.165) is 6.54 Å². The van der Waals surface area contributed by atoms with Gasteiger partial charge in [-0.2, -0.15) is 6.42 Å². The van der Waals surface area contributed by atoms with Gasteiger partial charge in [-0.25, -0.2) is 0 Å². The number of nitrogens with zero attached hydrogens (tertiary/aromatic N) is 1. The Labute approximate surface area is 103 Å². The van der Waals surface area contributed by atoms with Gasteiger partial charge in [0.15, 0.2) is 0 Å². The standard InChI is InChI=1S/C7H14N.C3H8.Y/c1-7(2)5-4-6-8(7)3;1-3-2;/h4H,5-6H2,1-3H3;3H2,1-2H3;/q-1;;. The predicted octanol–water partition coefficient (Wildman–Crippen LogP) is 2.72. The maximum atomic E-state index is 2.37. The molecular formula is C10H22NY-. The molecule has 1 saturated heterocycles. The second kappa shape index (κ2) is 7.47. The van der Waals surface area contributed by atoms with Crippen LogP contribution in [0.2, 0.25) is 0 Å². The van der Waals surface area contributed by atoms with Gasteiger partial charge in [-0.3, -0.25) is 0 Å². The molecule has 1 heterocycles. The van der Waals surface area contributed by atoms with Gasteiger partial charge in [-0.1, -0.05) is 20.3 Å². The summed E-state index contributed by atoms with van der Waals surface area (Å²) in [5.41, 5.74) is 0.431. The zero-order valence-corrected chi connectivity index (χ0v) is 12.1. The first-order valence-electron chi connectivity index (χ1n) is 4.57. The molecule has 0 aromatic rings. The zero-order chi connectivity index (χ0) is 8.91. The Balaban J connectivity index is 0. The second-order valence-electron chi connectivity index (χ2n) is 3.89. The molecule has 1 fully saturated rings. The topological polar surface area (TPSA) is 3.24 Å². The van der Waals surface area contributed by atoms with Gasteiger partial charge in [0.1, 0.15) is 0 Å². The maximum Gasteiger partial charge on any atom is 0 e. The Bertz CT molecular complexity index is 102. The Morgan fingerprint density at radius 3 is 1.83 bits per heavy atom. The van der Waals surface area contributed by atoms with Crippen LogP contribution in [0.4, 0.5) is 0 Å². The van der Waals surface area contributed by atoms with Crippen molar-refractivity contribution >= 4 is 0 Å². The molecule has 0 saturated carbocycles. The molecule has 1 radical (unpaired) electrons. The second-order valence-corrected chi connectivity index (χ2v) is 3.89. The van der Waals surface area contributed by atoms with Crippen LogP contribution < -0.4 is 0 Å². The van der Waals surface area contributed by atoms with E-state index in [0.29, 0.717) is 5.54 Å². The fourth-order valence-electron chi connectivity index (χ4n) is 1.01. The molecule has 1 aliphatic heterocycles. The van der Waals surface area contributed by atoms with E-state index in [2.05, 4.69) is 46.1 Å². The summed E-state index contributed by atoms with van der Waals surface area (Å²) in [6, 6.07) is 0. The summed E-state index contributed by atoms with van der Waals surface area (Å²) in [5, 5.41) is 0. The van der Waals surface area contributed by atoms with E-state index in [1.54, 1.807) is 0 Å². The first kappa shape index (κ1) is 15.5. The SMILES string of the molecule is CCC.CN1C[CH-]CC1(C)C.[Y]. The van der Waals surface area contributed by atoms with Crippen LogP contribution in [0.3, 0.4) is 0 Å². The number of rotatable bonds is 0. The third-order valence-electron chi connectivity index (χ3n) is 2.08. The zero-order valence-electron chi connectivity index (χ0n) is 9.22. The fraction of sp³-hybridized carbons (Fsp3) is 0.900. The molecule has 1 aliphatic rings. The predicted molar refractivity (Wildman–Crippen MR) is 51.6 cm³/mol. The minimum atomic E-state index is 0. The normalized spacial score (nSPS) is 20.8. The molecule has 2 heteroatoms. The molecule has 0 spiro atoms. The summed E-state index contributed by atoms with van der Waals surface area (Å²) in [6.07, 6.45) is 4.82. The number of hydrogen-bond donors (Lipinski definition) is 0. The van der Waals surface area contributed by atoms with Crippen molar-refractivity contribution in [3.8, 4) is 0 Å². The molecule has 0 aromatic heterocycles. The van der Waals surface area contributed by atoms with Crippen LogP contribution in [0.5, 0.6) is 0 Å². The van der Waals surface area contributed by atoms with Gasteiger partial charge >= 0.3 is 0 Å². The molecule has 0 N–H and O–H groups in total. The van der Waals surface area contributed by atoms with Gasteiger partial charge in [0.25, 0.3) is 0 Å². The Morgan fingerprint density at radius 2 is 1.75 bits per heavy atom. The molecule has 0 aliphatic carbocycles. The van der Waals surface area contributed by atoms with E-state index >= 15 is 0 Å². The molecule has 71 valence electrons. The largest absolute Gasteiger partial charge is 0.333 e. The van der Waals surface area contributed by atoms with Gasteiger partial charge in [-0.05, 0) is 26.4 Å². The van der Waals surface area contributed by atoms with Gasteiger partial charge < -0.3 is 11.3 Å². The van der Waals surface area contributed by atoms with Crippen LogP contribution in [0.15, 0.2) is 0 Å². The van der Waals surface area contributed by atoms with E-state index in [1.807, 2.05) is 0 Å². The summed E-state index contributed by atoms with van der Waals surface area (Å²) in [5.74, 6) is 0. The molecule has 0 aromatic carbocycles. The first-order chi connectivity index (χ1) is 5.04. The van der Waals surface area contributed by atoms with Crippen molar-refractivity contribution in [2.45, 2.75) is 46.1 Å². The average Bonchev–Trinajstić information content (AvgIpc) is 2.14. The van der Waals surface area contributed by atoms with Gasteiger partial charge in [0.05, 0.1) is 0 Å². The Hall–Kier alpha value is 1.06. The van der Waals surface area contributed by atoms with Crippen molar-refractivity contribution in [1.82, 2.24) is 4.90 Å². The minimum Gasteiger partial charge on any atom is -0.333 e. The molecule has 0 unspecified atom stereocenters. The molecule has 12 heavy (non-hydrogen) atoms. The van der Waals surface area contributed by atoms with E-state index in [-0.39, 0.29) is 32.7 Å². The summed E-state index contributed by atoms with van der Waals surface area (Å²) >= 11 is 0. The molecule has 1 rings (SSSR count). The van der Waals surface area contributed by atoms with Crippen molar-refractivity contribution in [2.24, 2.45) is 0 Å². The first-order valence-corrected chi connectivity index (χ1v) is 4.57. The third-order valence-corrected chi connectivity index (χ3v) is 2.08. The Morgan fingerprint density at radius 1 is 1.33 bits per heavy atom. The summed E-state index contributed by atoms with van der Waals surface area (Å²) in [4.78, 5) is 2.37. The molecular weight excluding hydrogens is 223 g/mol. The van der Waals surface area contributed by atoms with Crippen LogP contribution in [0.1, 0.15) is 40.5 Å². The van der Waals surface area contributed by atoms with Crippen molar-refractivity contribution < 1.29 is 32.7 Å². The molecule has 0 atom stereocenters. The summed E-state index contributed by atoms with van der Waals surface area (Å²) in [6.45, 7) is 9.96. The summed E-state index contributed by atoms with van der Waals surface area (Å²) in [7, 11) is 2.17. The van der Waals surface area contributed by atoms with Gasteiger partial charge in [-0.15, -0.1) is 6.54 Å². The van der Waals surface area contributed by atoms with Crippen molar-refractivity contribution in [3.05, 3.63) is 6.42 Å². The van der Waals surface area contributed by atoms with Crippen molar-refractivity contribution in [3.63, 3.8) is 0 Å². The van der Waals surface area contributed by atoms with E-state index in [9.17, 15) is 0 Å². The monoisotopic (exact) mass is 245 g/mol. The minimum absolute atomic E-state index is 0. The number of hydrogen-bond acceptors (Lipinski definition) is 1. The smallest absolute Gasteiger partial charge is 0 e. The van der Waals surface area contributed by atoms with Crippen molar-refractivity contribution in [1.29, 1.82) is 0 Å². The maximum absolute atomic E-state index is 2.37. The van der Waals surface area contributed by atoms with E-state index < -0.39 is 0 Å². The van der Waals surface area contributed by atoms with E-state index in [1.165, 1.54) is 12.8 Å². The molecule has 0 amide bonds. The van der Waals surface area contributed by atoms with Crippen LogP contribution in [0.25, 0.3) is 0 Å². The Kier molecular flexibility index (Phi) is 9.66. The van der Waals surface area contributed by atoms with E-state index in [4.69, 9.17) is 0 Å². The van der Waals surface area contributed by atoms with Crippen LogP contribution in [0, 0.1) is 6.42 Å². The average molecular weight is 245 g/mol. The molecule has 1 nitrogen and oxygen atoms in total. The third kappa shape index (κ3) is 5.67. The quantitative estimate of drug-likeness (QED) is 0.593. The van der Waals surface area contributed by atoms with Crippen LogP contribution in [-0.4, -0.2) is 24.0 Å². The van der Waals surface area contributed by atoms with Crippen LogP contribution >= 0.6 is 0 Å². The van der Waals surface area contributed by atoms with Crippen molar-refractivity contribution in [2.75, 3.05) is 13.6 Å². The molecule has 0 bridgehead atoms. The fourth-order valence-corrected chi connectivity index (χ4v) is 1.01. The van der Waals surface area contributed by atoms with Gasteiger partial charge in [0, 0.05) is 32.7 Å². The van der Waals surface area contributed by atoms with Crippen LogP contribution in [-0.2, 0) is 32.7 Å². The van der Waals surface area contributed by atoms with Gasteiger partial charge in [0.2, 0.25) is 0 Å². The summed E-state index contributed by atoms with van der Waals surface area (Å²) < 4.78 is 0.